The van der Waals surface area contributed by atoms with Crippen LogP contribution in [0.4, 0.5) is 0 Å². The van der Waals surface area contributed by atoms with Gasteiger partial charge in [0.1, 0.15) is 10.5 Å². The molecule has 4 rings (SSSR count). The maximum Gasteiger partial charge on any atom is 0.338 e. The van der Waals surface area contributed by atoms with Crippen molar-refractivity contribution in [2.24, 2.45) is 5.73 Å². The standard InChI is InChI=1S/C31H34N2O5S/c1-7-38-31(36)25-24(22-14-12-21(13-15-22)18(4)5)26(30(35)37-6)29-33(27(25)32)28(34)23(39-29)16-19-8-10-20(11-9-19)17(2)3/h8-18,24H,7,32H2,1-6H3/b23-16+. The summed E-state index contributed by atoms with van der Waals surface area (Å²) in [5.74, 6) is -1.57. The zero-order chi connectivity index (χ0) is 28.4. The average Bonchev–Trinajstić information content (AvgIpc) is 3.24. The second-order valence-corrected chi connectivity index (χ2v) is 11.1. The van der Waals surface area contributed by atoms with E-state index in [2.05, 4.69) is 27.7 Å². The van der Waals surface area contributed by atoms with Gasteiger partial charge in [0.2, 0.25) is 0 Å². The SMILES string of the molecule is CCOC(=O)C1=C(N)n2c(s/c(=C/c3ccc(C(C)C)cc3)c2=O)=C(C(=O)OC)C1c1ccc(C(C)C)cc1. The van der Waals surface area contributed by atoms with Crippen molar-refractivity contribution in [1.82, 2.24) is 4.57 Å². The Bertz CT molecular complexity index is 1610. The fourth-order valence-electron chi connectivity index (χ4n) is 4.70. The smallest absolute Gasteiger partial charge is 0.338 e. The molecule has 8 heteroatoms. The predicted octanol–water partition coefficient (Wildman–Crippen LogP) is 3.80. The first-order valence-electron chi connectivity index (χ1n) is 13.0. The van der Waals surface area contributed by atoms with Crippen molar-refractivity contribution in [2.45, 2.75) is 52.4 Å². The zero-order valence-corrected chi connectivity index (χ0v) is 23.9. The van der Waals surface area contributed by atoms with E-state index in [1.54, 1.807) is 13.0 Å². The number of fused-ring (bicyclic) bond motifs is 1. The number of carbonyl (C=O) groups is 2. The summed E-state index contributed by atoms with van der Waals surface area (Å²) in [6, 6.07) is 15.6. The number of hydrogen-bond donors (Lipinski definition) is 1. The molecule has 0 spiro atoms. The Kier molecular flexibility index (Phi) is 8.25. The van der Waals surface area contributed by atoms with Crippen molar-refractivity contribution in [3.8, 4) is 0 Å². The Morgan fingerprint density at radius 1 is 0.949 bits per heavy atom. The first kappa shape index (κ1) is 28.1. The molecule has 1 unspecified atom stereocenters. The van der Waals surface area contributed by atoms with Gasteiger partial charge in [0, 0.05) is 0 Å². The number of thiazole rings is 1. The first-order chi connectivity index (χ1) is 18.6. The van der Waals surface area contributed by atoms with Crippen molar-refractivity contribution in [2.75, 3.05) is 13.7 Å². The number of nitrogens with zero attached hydrogens (tertiary/aromatic N) is 1. The Hall–Kier alpha value is -3.91. The van der Waals surface area contributed by atoms with Crippen LogP contribution in [0.15, 0.2) is 58.9 Å². The molecule has 204 valence electrons. The minimum atomic E-state index is -0.867. The highest BCUT2D eigenvalue weighted by Gasteiger charge is 2.39. The topological polar surface area (TPSA) is 101 Å². The summed E-state index contributed by atoms with van der Waals surface area (Å²) in [7, 11) is 1.28. The minimum absolute atomic E-state index is 0.0368. The Balaban J connectivity index is 2.04. The van der Waals surface area contributed by atoms with Crippen LogP contribution in [0.2, 0.25) is 0 Å². The van der Waals surface area contributed by atoms with Crippen LogP contribution in [0.3, 0.4) is 0 Å². The van der Waals surface area contributed by atoms with Gasteiger partial charge in [-0.15, -0.1) is 11.3 Å². The highest BCUT2D eigenvalue weighted by Crippen LogP contribution is 2.38. The molecule has 0 saturated heterocycles. The lowest BCUT2D eigenvalue weighted by atomic mass is 9.82. The van der Waals surface area contributed by atoms with E-state index in [1.807, 2.05) is 48.5 Å². The second kappa shape index (κ2) is 11.5. The van der Waals surface area contributed by atoms with Crippen molar-refractivity contribution in [1.29, 1.82) is 0 Å². The van der Waals surface area contributed by atoms with E-state index in [1.165, 1.54) is 17.2 Å². The number of nitrogens with two attached hydrogens (primary N) is 1. The molecule has 0 saturated carbocycles. The number of aromatic nitrogens is 1. The monoisotopic (exact) mass is 546 g/mol. The molecule has 7 nitrogen and oxygen atoms in total. The summed E-state index contributed by atoms with van der Waals surface area (Å²) in [6.07, 6.45) is 1.76. The third-order valence-electron chi connectivity index (χ3n) is 6.89. The largest absolute Gasteiger partial charge is 0.466 e. The Labute approximate surface area is 231 Å². The zero-order valence-electron chi connectivity index (χ0n) is 23.1. The fraction of sp³-hybridized carbons (Fsp3) is 0.323. The van der Waals surface area contributed by atoms with Gasteiger partial charge in [-0.3, -0.25) is 9.36 Å². The first-order valence-corrected chi connectivity index (χ1v) is 13.8. The normalized spacial score (nSPS) is 15.6. The van der Waals surface area contributed by atoms with Crippen LogP contribution in [-0.2, 0) is 19.1 Å². The summed E-state index contributed by atoms with van der Waals surface area (Å²) < 4.78 is 12.5. The fourth-order valence-corrected chi connectivity index (χ4v) is 5.86. The molecule has 1 aliphatic rings. The molecule has 2 N–H and O–H groups in total. The van der Waals surface area contributed by atoms with Crippen molar-refractivity contribution in [3.63, 3.8) is 0 Å². The van der Waals surface area contributed by atoms with Crippen molar-refractivity contribution >= 4 is 40.7 Å². The molecular formula is C31H34N2O5S. The van der Waals surface area contributed by atoms with Gasteiger partial charge in [-0.2, -0.15) is 0 Å². The molecule has 1 aromatic heterocycles. The third-order valence-corrected chi connectivity index (χ3v) is 7.99. The molecule has 3 aromatic rings. The molecule has 39 heavy (non-hydrogen) atoms. The van der Waals surface area contributed by atoms with Gasteiger partial charge in [-0.05, 0) is 47.1 Å². The highest BCUT2D eigenvalue weighted by molar-refractivity contribution is 7.07. The van der Waals surface area contributed by atoms with Gasteiger partial charge in [0.15, 0.2) is 0 Å². The molecule has 1 aliphatic heterocycles. The Morgan fingerprint density at radius 3 is 2.03 bits per heavy atom. The highest BCUT2D eigenvalue weighted by atomic mass is 32.1. The summed E-state index contributed by atoms with van der Waals surface area (Å²) in [5, 5.41) is 0. The third kappa shape index (κ3) is 5.34. The molecule has 0 bridgehead atoms. The van der Waals surface area contributed by atoms with Crippen LogP contribution in [0, 0.1) is 0 Å². The second-order valence-electron chi connectivity index (χ2n) is 10.1. The van der Waals surface area contributed by atoms with E-state index in [0.717, 1.165) is 22.5 Å². The predicted molar refractivity (Wildman–Crippen MR) is 155 cm³/mol. The van der Waals surface area contributed by atoms with Gasteiger partial charge in [0.05, 0.1) is 35.3 Å². The number of benzene rings is 2. The van der Waals surface area contributed by atoms with Crippen LogP contribution in [0.5, 0.6) is 0 Å². The minimum Gasteiger partial charge on any atom is -0.466 e. The van der Waals surface area contributed by atoms with Gasteiger partial charge in [0.25, 0.3) is 5.56 Å². The summed E-state index contributed by atoms with van der Waals surface area (Å²) >= 11 is 1.15. The number of methoxy groups -OCH3 is 1. The number of rotatable bonds is 7. The van der Waals surface area contributed by atoms with Crippen molar-refractivity contribution in [3.05, 3.63) is 95.9 Å². The molecule has 0 aliphatic carbocycles. The van der Waals surface area contributed by atoms with Gasteiger partial charge in [-0.25, -0.2) is 9.59 Å². The van der Waals surface area contributed by atoms with Crippen LogP contribution in [-0.4, -0.2) is 30.2 Å². The summed E-state index contributed by atoms with van der Waals surface area (Å²) in [5.41, 5.74) is 10.2. The quantitative estimate of drug-likeness (QED) is 0.453. The van der Waals surface area contributed by atoms with E-state index >= 15 is 0 Å². The number of esters is 2. The number of hydrogen-bond acceptors (Lipinski definition) is 7. The lowest BCUT2D eigenvalue weighted by molar-refractivity contribution is -0.138. The number of carbonyl (C=O) groups excluding carboxylic acids is 2. The van der Waals surface area contributed by atoms with Crippen LogP contribution >= 0.6 is 11.3 Å². The molecule has 1 atom stereocenters. The van der Waals surface area contributed by atoms with E-state index in [9.17, 15) is 14.4 Å². The van der Waals surface area contributed by atoms with E-state index < -0.39 is 23.4 Å². The van der Waals surface area contributed by atoms with E-state index in [4.69, 9.17) is 15.2 Å². The molecule has 0 radical (unpaired) electrons. The summed E-state index contributed by atoms with van der Waals surface area (Å²) in [4.78, 5) is 40.3. The molecular weight excluding hydrogens is 512 g/mol. The maximum atomic E-state index is 13.7. The van der Waals surface area contributed by atoms with E-state index in [-0.39, 0.29) is 23.6 Å². The van der Waals surface area contributed by atoms with Crippen molar-refractivity contribution < 1.29 is 19.1 Å². The van der Waals surface area contributed by atoms with Crippen LogP contribution < -0.4 is 20.5 Å². The molecule has 2 heterocycles. The molecule has 2 aromatic carbocycles. The lowest BCUT2D eigenvalue weighted by Crippen LogP contribution is -2.41. The van der Waals surface area contributed by atoms with Crippen LogP contribution in [0.1, 0.15) is 74.6 Å². The molecule has 0 amide bonds. The van der Waals surface area contributed by atoms with Gasteiger partial charge >= 0.3 is 11.9 Å². The maximum absolute atomic E-state index is 13.7. The lowest BCUT2D eigenvalue weighted by Gasteiger charge is -2.27. The number of ether oxygens (including phenoxy) is 2. The van der Waals surface area contributed by atoms with Crippen LogP contribution in [0.25, 0.3) is 17.5 Å². The molecule has 0 fully saturated rings. The van der Waals surface area contributed by atoms with Gasteiger partial charge < -0.3 is 15.2 Å². The van der Waals surface area contributed by atoms with E-state index in [0.29, 0.717) is 26.6 Å². The summed E-state index contributed by atoms with van der Waals surface area (Å²) in [6.45, 7) is 10.2. The van der Waals surface area contributed by atoms with Gasteiger partial charge in [-0.1, -0.05) is 76.2 Å². The average molecular weight is 547 g/mol. The Morgan fingerprint density at radius 2 is 1.51 bits per heavy atom.